The molecule has 2 N–H and O–H groups in total. The van der Waals surface area contributed by atoms with Crippen LogP contribution in [0.1, 0.15) is 18.4 Å². The third kappa shape index (κ3) is 1.53. The minimum Gasteiger partial charge on any atom is -0.396 e. The Labute approximate surface area is 95.4 Å². The summed E-state index contributed by atoms with van der Waals surface area (Å²) in [5.74, 6) is 0.931. The van der Waals surface area contributed by atoms with Crippen molar-refractivity contribution in [1.82, 2.24) is 4.98 Å². The van der Waals surface area contributed by atoms with Crippen LogP contribution in [0.3, 0.4) is 0 Å². The molecular formula is C12H17N3O. The van der Waals surface area contributed by atoms with E-state index in [0.29, 0.717) is 12.2 Å². The Balaban J connectivity index is 1.89. The number of rotatable bonds is 1. The molecule has 4 nitrogen and oxygen atoms in total. The highest BCUT2D eigenvalue weighted by Crippen LogP contribution is 2.31. The van der Waals surface area contributed by atoms with E-state index in [9.17, 15) is 0 Å². The van der Waals surface area contributed by atoms with E-state index < -0.39 is 0 Å². The highest BCUT2D eigenvalue weighted by atomic mass is 16.5. The summed E-state index contributed by atoms with van der Waals surface area (Å²) in [5.41, 5.74) is 7.99. The first kappa shape index (κ1) is 9.90. The highest BCUT2D eigenvalue weighted by molar-refractivity contribution is 5.66. The Bertz CT molecular complexity index is 395. The minimum atomic E-state index is 0.375. The van der Waals surface area contributed by atoms with Gasteiger partial charge in [-0.15, -0.1) is 0 Å². The van der Waals surface area contributed by atoms with Crippen LogP contribution in [0.25, 0.3) is 0 Å². The number of nitrogens with zero attached hydrogens (tertiary/aromatic N) is 2. The summed E-state index contributed by atoms with van der Waals surface area (Å²) in [5, 5.41) is 0. The maximum atomic E-state index is 6.08. The molecule has 2 aliphatic rings. The Morgan fingerprint density at radius 2 is 2.06 bits per heavy atom. The van der Waals surface area contributed by atoms with E-state index >= 15 is 0 Å². The van der Waals surface area contributed by atoms with Crippen molar-refractivity contribution >= 4 is 11.5 Å². The SMILES string of the molecule is Cc1ccnc(N2CC3CCC(C2)O3)c1N. The third-order valence-corrected chi connectivity index (χ3v) is 3.53. The lowest BCUT2D eigenvalue weighted by atomic mass is 10.2. The van der Waals surface area contributed by atoms with Crippen molar-refractivity contribution in [3.8, 4) is 0 Å². The first-order valence-electron chi connectivity index (χ1n) is 5.85. The zero-order chi connectivity index (χ0) is 11.1. The van der Waals surface area contributed by atoms with Gasteiger partial charge in [-0.05, 0) is 31.4 Å². The minimum absolute atomic E-state index is 0.375. The van der Waals surface area contributed by atoms with E-state index in [0.717, 1.165) is 30.2 Å². The van der Waals surface area contributed by atoms with Crippen molar-refractivity contribution < 1.29 is 4.74 Å². The van der Waals surface area contributed by atoms with Gasteiger partial charge in [0, 0.05) is 19.3 Å². The standard InChI is InChI=1S/C12H17N3O/c1-8-4-5-14-12(11(8)13)15-6-9-2-3-10(7-15)16-9/h4-5,9-10H,2-3,6-7,13H2,1H3. The summed E-state index contributed by atoms with van der Waals surface area (Å²) < 4.78 is 5.81. The zero-order valence-corrected chi connectivity index (χ0v) is 9.52. The quantitative estimate of drug-likeness (QED) is 0.774. The number of aromatic nitrogens is 1. The molecule has 0 spiro atoms. The second-order valence-corrected chi connectivity index (χ2v) is 4.73. The van der Waals surface area contributed by atoms with Crippen LogP contribution >= 0.6 is 0 Å². The number of hydrogen-bond acceptors (Lipinski definition) is 4. The maximum absolute atomic E-state index is 6.08. The molecule has 1 aromatic heterocycles. The molecule has 0 radical (unpaired) electrons. The number of pyridine rings is 1. The van der Waals surface area contributed by atoms with Crippen molar-refractivity contribution in [1.29, 1.82) is 0 Å². The monoisotopic (exact) mass is 219 g/mol. The Morgan fingerprint density at radius 3 is 2.75 bits per heavy atom. The molecule has 2 bridgehead atoms. The largest absolute Gasteiger partial charge is 0.396 e. The molecule has 0 aliphatic carbocycles. The van der Waals surface area contributed by atoms with Crippen LogP contribution in [-0.4, -0.2) is 30.3 Å². The summed E-state index contributed by atoms with van der Waals surface area (Å²) in [6.45, 7) is 3.88. The normalized spacial score (nSPS) is 28.4. The molecule has 4 heteroatoms. The highest BCUT2D eigenvalue weighted by Gasteiger charge is 2.34. The fourth-order valence-corrected chi connectivity index (χ4v) is 2.60. The maximum Gasteiger partial charge on any atom is 0.152 e. The second kappa shape index (κ2) is 3.63. The van der Waals surface area contributed by atoms with Crippen molar-refractivity contribution in [2.45, 2.75) is 32.0 Å². The van der Waals surface area contributed by atoms with Gasteiger partial charge in [0.25, 0.3) is 0 Å². The average Bonchev–Trinajstić information content (AvgIpc) is 2.62. The molecular weight excluding hydrogens is 202 g/mol. The summed E-state index contributed by atoms with van der Waals surface area (Å²) >= 11 is 0. The molecule has 2 atom stereocenters. The molecule has 0 saturated carbocycles. The lowest BCUT2D eigenvalue weighted by Gasteiger charge is -2.33. The molecule has 86 valence electrons. The van der Waals surface area contributed by atoms with Crippen LogP contribution in [0.15, 0.2) is 12.3 Å². The van der Waals surface area contributed by atoms with Crippen molar-refractivity contribution in [2.75, 3.05) is 23.7 Å². The van der Waals surface area contributed by atoms with Crippen LogP contribution in [0.4, 0.5) is 11.5 Å². The number of nitrogens with two attached hydrogens (primary N) is 1. The van der Waals surface area contributed by atoms with E-state index in [4.69, 9.17) is 10.5 Å². The second-order valence-electron chi connectivity index (χ2n) is 4.73. The molecule has 0 amide bonds. The predicted octanol–water partition coefficient (Wildman–Crippen LogP) is 1.34. The van der Waals surface area contributed by atoms with Gasteiger partial charge in [-0.3, -0.25) is 0 Å². The van der Waals surface area contributed by atoms with E-state index in [2.05, 4.69) is 9.88 Å². The van der Waals surface area contributed by atoms with Crippen LogP contribution in [0, 0.1) is 6.92 Å². The van der Waals surface area contributed by atoms with E-state index in [1.165, 1.54) is 12.8 Å². The van der Waals surface area contributed by atoms with Crippen LogP contribution in [0.5, 0.6) is 0 Å². The molecule has 3 heterocycles. The van der Waals surface area contributed by atoms with Crippen LogP contribution in [-0.2, 0) is 4.74 Å². The van der Waals surface area contributed by atoms with Gasteiger partial charge in [-0.1, -0.05) is 0 Å². The number of morpholine rings is 1. The van der Waals surface area contributed by atoms with Crippen molar-refractivity contribution in [3.63, 3.8) is 0 Å². The van der Waals surface area contributed by atoms with E-state index in [1.54, 1.807) is 0 Å². The fourth-order valence-electron chi connectivity index (χ4n) is 2.60. The molecule has 0 aromatic carbocycles. The van der Waals surface area contributed by atoms with E-state index in [-0.39, 0.29) is 0 Å². The number of ether oxygens (including phenoxy) is 1. The molecule has 16 heavy (non-hydrogen) atoms. The van der Waals surface area contributed by atoms with Crippen LogP contribution < -0.4 is 10.6 Å². The van der Waals surface area contributed by atoms with Gasteiger partial charge in [0.2, 0.25) is 0 Å². The fraction of sp³-hybridized carbons (Fsp3) is 0.583. The summed E-state index contributed by atoms with van der Waals surface area (Å²) in [6.07, 6.45) is 4.93. The lowest BCUT2D eigenvalue weighted by molar-refractivity contribution is 0.0303. The Kier molecular flexibility index (Phi) is 2.24. The van der Waals surface area contributed by atoms with E-state index in [1.807, 2.05) is 19.2 Å². The number of nitrogen functional groups attached to an aromatic ring is 1. The van der Waals surface area contributed by atoms with Gasteiger partial charge >= 0.3 is 0 Å². The molecule has 2 saturated heterocycles. The number of anilines is 2. The summed E-state index contributed by atoms with van der Waals surface area (Å²) in [4.78, 5) is 6.68. The first-order valence-corrected chi connectivity index (χ1v) is 5.85. The van der Waals surface area contributed by atoms with Crippen molar-refractivity contribution in [3.05, 3.63) is 17.8 Å². The van der Waals surface area contributed by atoms with Gasteiger partial charge in [-0.25, -0.2) is 4.98 Å². The van der Waals surface area contributed by atoms with Gasteiger partial charge in [-0.2, -0.15) is 0 Å². The molecule has 2 unspecified atom stereocenters. The molecule has 1 aromatic rings. The molecule has 2 aliphatic heterocycles. The van der Waals surface area contributed by atoms with Gasteiger partial charge in [0.05, 0.1) is 17.9 Å². The number of fused-ring (bicyclic) bond motifs is 2. The topological polar surface area (TPSA) is 51.4 Å². The van der Waals surface area contributed by atoms with Gasteiger partial charge in [0.1, 0.15) is 0 Å². The zero-order valence-electron chi connectivity index (χ0n) is 9.52. The number of aryl methyl sites for hydroxylation is 1. The summed E-state index contributed by atoms with van der Waals surface area (Å²) in [7, 11) is 0. The predicted molar refractivity (Wildman–Crippen MR) is 63.5 cm³/mol. The lowest BCUT2D eigenvalue weighted by Crippen LogP contribution is -2.43. The Morgan fingerprint density at radius 1 is 1.38 bits per heavy atom. The van der Waals surface area contributed by atoms with Gasteiger partial charge < -0.3 is 15.4 Å². The molecule has 2 fully saturated rings. The summed E-state index contributed by atoms with van der Waals surface area (Å²) in [6, 6.07) is 1.95. The smallest absolute Gasteiger partial charge is 0.152 e. The average molecular weight is 219 g/mol. The third-order valence-electron chi connectivity index (χ3n) is 3.53. The Hall–Kier alpha value is -1.29. The molecule has 3 rings (SSSR count). The van der Waals surface area contributed by atoms with Crippen molar-refractivity contribution in [2.24, 2.45) is 0 Å². The van der Waals surface area contributed by atoms with Crippen LogP contribution in [0.2, 0.25) is 0 Å². The first-order chi connectivity index (χ1) is 7.74. The number of hydrogen-bond donors (Lipinski definition) is 1. The van der Waals surface area contributed by atoms with Gasteiger partial charge in [0.15, 0.2) is 5.82 Å².